The summed E-state index contributed by atoms with van der Waals surface area (Å²) >= 11 is 5.75. The Labute approximate surface area is 119 Å². The molecule has 2 aromatic rings. The number of nitriles is 1. The largest absolute Gasteiger partial charge is 0.278 e. The second-order valence-corrected chi connectivity index (χ2v) is 5.81. The van der Waals surface area contributed by atoms with E-state index in [1.54, 1.807) is 6.07 Å². The molecule has 5 nitrogen and oxygen atoms in total. The van der Waals surface area contributed by atoms with Gasteiger partial charge in [0.25, 0.3) is 10.0 Å². The van der Waals surface area contributed by atoms with Crippen LogP contribution in [0.2, 0.25) is 5.02 Å². The topological polar surface area (TPSA) is 82.8 Å². The summed E-state index contributed by atoms with van der Waals surface area (Å²) in [5.41, 5.74) is 0.154. The van der Waals surface area contributed by atoms with Crippen molar-refractivity contribution in [1.82, 2.24) is 4.98 Å². The smallest absolute Gasteiger partial charge is 0.263 e. The van der Waals surface area contributed by atoms with Crippen molar-refractivity contribution in [3.63, 3.8) is 0 Å². The quantitative estimate of drug-likeness (QED) is 0.944. The number of benzene rings is 1. The highest BCUT2D eigenvalue weighted by Crippen LogP contribution is 2.25. The van der Waals surface area contributed by atoms with E-state index >= 15 is 0 Å². The third-order valence-electron chi connectivity index (χ3n) is 2.34. The van der Waals surface area contributed by atoms with E-state index in [0.717, 1.165) is 18.3 Å². The van der Waals surface area contributed by atoms with E-state index in [4.69, 9.17) is 16.9 Å². The van der Waals surface area contributed by atoms with Crippen LogP contribution >= 0.6 is 11.6 Å². The van der Waals surface area contributed by atoms with Crippen LogP contribution in [0, 0.1) is 17.1 Å². The first-order valence-electron chi connectivity index (χ1n) is 5.26. The zero-order valence-electron chi connectivity index (χ0n) is 9.84. The van der Waals surface area contributed by atoms with Gasteiger partial charge in [0.2, 0.25) is 0 Å². The molecule has 0 fully saturated rings. The van der Waals surface area contributed by atoms with Crippen LogP contribution in [-0.4, -0.2) is 13.4 Å². The summed E-state index contributed by atoms with van der Waals surface area (Å²) in [6.45, 7) is 0. The summed E-state index contributed by atoms with van der Waals surface area (Å²) in [4.78, 5) is 3.54. The predicted molar refractivity (Wildman–Crippen MR) is 71.2 cm³/mol. The molecule has 8 heteroatoms. The fraction of sp³-hybridized carbons (Fsp3) is 0. The molecule has 0 saturated carbocycles. The summed E-state index contributed by atoms with van der Waals surface area (Å²) in [6.07, 6.45) is 1.05. The van der Waals surface area contributed by atoms with Gasteiger partial charge in [-0.25, -0.2) is 17.8 Å². The molecule has 0 aliphatic heterocycles. The number of anilines is 1. The molecule has 0 bridgehead atoms. The monoisotopic (exact) mass is 311 g/mol. The molecule has 0 atom stereocenters. The summed E-state index contributed by atoms with van der Waals surface area (Å²) < 4.78 is 39.2. The van der Waals surface area contributed by atoms with Crippen molar-refractivity contribution in [2.75, 3.05) is 4.72 Å². The second-order valence-electron chi connectivity index (χ2n) is 3.72. The van der Waals surface area contributed by atoms with Gasteiger partial charge in [0.15, 0.2) is 0 Å². The maximum absolute atomic E-state index is 12.9. The van der Waals surface area contributed by atoms with Gasteiger partial charge in [0.1, 0.15) is 22.5 Å². The summed E-state index contributed by atoms with van der Waals surface area (Å²) in [5.74, 6) is -0.571. The standard InChI is InChI=1S/C12H7ClFN3O2S/c13-11-5-8(14)1-4-12(11)17-20(18,19)10-3-2-9(6-15)16-7-10/h1-5,7,17H. The first-order chi connectivity index (χ1) is 9.42. The Balaban J connectivity index is 2.33. The molecular formula is C12H7ClFN3O2S. The normalized spacial score (nSPS) is 10.8. The van der Waals surface area contributed by atoms with Crippen molar-refractivity contribution in [3.8, 4) is 6.07 Å². The van der Waals surface area contributed by atoms with E-state index in [1.807, 2.05) is 0 Å². The van der Waals surface area contributed by atoms with Gasteiger partial charge in [-0.15, -0.1) is 0 Å². The van der Waals surface area contributed by atoms with Gasteiger partial charge in [0.05, 0.1) is 10.7 Å². The van der Waals surface area contributed by atoms with Crippen molar-refractivity contribution in [2.24, 2.45) is 0 Å². The fourth-order valence-electron chi connectivity index (χ4n) is 1.38. The van der Waals surface area contributed by atoms with Crippen molar-refractivity contribution in [2.45, 2.75) is 4.90 Å². The van der Waals surface area contributed by atoms with E-state index in [9.17, 15) is 12.8 Å². The molecule has 20 heavy (non-hydrogen) atoms. The lowest BCUT2D eigenvalue weighted by Gasteiger charge is -2.09. The molecule has 0 spiro atoms. The minimum absolute atomic E-state index is 0.0532. The number of aromatic nitrogens is 1. The minimum Gasteiger partial charge on any atom is -0.278 e. The number of nitrogens with one attached hydrogen (secondary N) is 1. The number of sulfonamides is 1. The number of pyridine rings is 1. The number of hydrogen-bond donors (Lipinski definition) is 1. The van der Waals surface area contributed by atoms with Gasteiger partial charge in [-0.3, -0.25) is 4.72 Å². The average molecular weight is 312 g/mol. The van der Waals surface area contributed by atoms with E-state index in [1.165, 1.54) is 18.2 Å². The zero-order valence-corrected chi connectivity index (χ0v) is 11.4. The van der Waals surface area contributed by atoms with E-state index in [0.29, 0.717) is 0 Å². The summed E-state index contributed by atoms with van der Waals surface area (Å²) in [6, 6.07) is 7.60. The van der Waals surface area contributed by atoms with Crippen molar-refractivity contribution < 1.29 is 12.8 Å². The van der Waals surface area contributed by atoms with Gasteiger partial charge >= 0.3 is 0 Å². The molecule has 1 N–H and O–H groups in total. The predicted octanol–water partition coefficient (Wildman–Crippen LogP) is 2.55. The van der Waals surface area contributed by atoms with Gasteiger partial charge < -0.3 is 0 Å². The molecule has 0 saturated heterocycles. The Morgan fingerprint density at radius 3 is 2.60 bits per heavy atom. The number of nitrogens with zero attached hydrogens (tertiary/aromatic N) is 2. The lowest BCUT2D eigenvalue weighted by atomic mass is 10.3. The molecule has 0 amide bonds. The summed E-state index contributed by atoms with van der Waals surface area (Å²) in [5, 5.41) is 8.54. The number of rotatable bonds is 3. The average Bonchev–Trinajstić information content (AvgIpc) is 2.42. The highest BCUT2D eigenvalue weighted by molar-refractivity contribution is 7.92. The van der Waals surface area contributed by atoms with Crippen molar-refractivity contribution >= 4 is 27.3 Å². The molecule has 1 heterocycles. The maximum Gasteiger partial charge on any atom is 0.263 e. The van der Waals surface area contributed by atoms with Crippen LogP contribution in [-0.2, 0) is 10.0 Å². The SMILES string of the molecule is N#Cc1ccc(S(=O)(=O)Nc2ccc(F)cc2Cl)cn1. The van der Waals surface area contributed by atoms with Gasteiger partial charge in [-0.1, -0.05) is 11.6 Å². The van der Waals surface area contributed by atoms with Crippen LogP contribution in [0.5, 0.6) is 0 Å². The van der Waals surface area contributed by atoms with Crippen LogP contribution in [0.3, 0.4) is 0 Å². The van der Waals surface area contributed by atoms with Crippen molar-refractivity contribution in [3.05, 3.63) is 53.1 Å². The minimum atomic E-state index is -3.90. The molecule has 0 radical (unpaired) electrons. The van der Waals surface area contributed by atoms with Crippen LogP contribution in [0.25, 0.3) is 0 Å². The molecule has 2 rings (SSSR count). The van der Waals surface area contributed by atoms with E-state index < -0.39 is 15.8 Å². The second kappa shape index (κ2) is 5.45. The van der Waals surface area contributed by atoms with Crippen molar-refractivity contribution in [1.29, 1.82) is 5.26 Å². The van der Waals surface area contributed by atoms with Gasteiger partial charge in [0, 0.05) is 6.20 Å². The van der Waals surface area contributed by atoms with E-state index in [-0.39, 0.29) is 21.3 Å². The third-order valence-corrected chi connectivity index (χ3v) is 4.00. The Hall–Kier alpha value is -2.17. The zero-order chi connectivity index (χ0) is 14.8. The van der Waals surface area contributed by atoms with Gasteiger partial charge in [-0.2, -0.15) is 5.26 Å². The van der Waals surface area contributed by atoms with Crippen LogP contribution in [0.1, 0.15) is 5.69 Å². The Morgan fingerprint density at radius 1 is 1.30 bits per heavy atom. The maximum atomic E-state index is 12.9. The lowest BCUT2D eigenvalue weighted by Crippen LogP contribution is -2.13. The highest BCUT2D eigenvalue weighted by Gasteiger charge is 2.16. The number of hydrogen-bond acceptors (Lipinski definition) is 4. The van der Waals surface area contributed by atoms with Crippen LogP contribution < -0.4 is 4.72 Å². The van der Waals surface area contributed by atoms with Crippen LogP contribution in [0.15, 0.2) is 41.4 Å². The molecular weight excluding hydrogens is 305 g/mol. The highest BCUT2D eigenvalue weighted by atomic mass is 35.5. The molecule has 102 valence electrons. The first kappa shape index (κ1) is 14.2. The molecule has 1 aromatic carbocycles. The summed E-state index contributed by atoms with van der Waals surface area (Å²) in [7, 11) is -3.90. The van der Waals surface area contributed by atoms with Gasteiger partial charge in [-0.05, 0) is 30.3 Å². The Bertz CT molecular complexity index is 785. The lowest BCUT2D eigenvalue weighted by molar-refractivity contribution is 0.600. The third kappa shape index (κ3) is 3.04. The Morgan fingerprint density at radius 2 is 2.05 bits per heavy atom. The molecule has 0 aliphatic rings. The molecule has 0 unspecified atom stereocenters. The fourth-order valence-corrected chi connectivity index (χ4v) is 2.68. The Kier molecular flexibility index (Phi) is 3.88. The van der Waals surface area contributed by atoms with Crippen LogP contribution in [0.4, 0.5) is 10.1 Å². The first-order valence-corrected chi connectivity index (χ1v) is 7.12. The molecule has 1 aromatic heterocycles. The molecule has 0 aliphatic carbocycles. The van der Waals surface area contributed by atoms with E-state index in [2.05, 4.69) is 9.71 Å². The number of halogens is 2.